The van der Waals surface area contributed by atoms with Crippen molar-refractivity contribution in [1.29, 1.82) is 0 Å². The molecule has 1 unspecified atom stereocenters. The maximum Gasteiger partial charge on any atom is 0.338 e. The van der Waals surface area contributed by atoms with E-state index in [9.17, 15) is 9.18 Å². The van der Waals surface area contributed by atoms with Gasteiger partial charge in [0, 0.05) is 6.42 Å². The number of fused-ring (bicyclic) bond motifs is 1. The zero-order valence-corrected chi connectivity index (χ0v) is 12.8. The van der Waals surface area contributed by atoms with Gasteiger partial charge >= 0.3 is 5.97 Å². The fourth-order valence-electron chi connectivity index (χ4n) is 2.84. The molecule has 2 aromatic rings. The highest BCUT2D eigenvalue weighted by Gasteiger charge is 2.19. The van der Waals surface area contributed by atoms with Gasteiger partial charge in [-0.1, -0.05) is 27.7 Å². The number of nitrogens with one attached hydrogen (secondary N) is 1. The molecule has 1 aromatic heterocycles. The highest BCUT2D eigenvalue weighted by Crippen LogP contribution is 2.27. The number of H-pyrrole nitrogens is 1. The average Bonchev–Trinajstić information content (AvgIpc) is 2.66. The highest BCUT2D eigenvalue weighted by molar-refractivity contribution is 6.00. The van der Waals surface area contributed by atoms with E-state index in [0.29, 0.717) is 29.2 Å². The van der Waals surface area contributed by atoms with Crippen molar-refractivity contribution in [2.75, 3.05) is 0 Å². The van der Waals surface area contributed by atoms with Gasteiger partial charge in [-0.15, -0.1) is 0 Å². The van der Waals surface area contributed by atoms with Crippen LogP contribution in [0.2, 0.25) is 0 Å². The third-order valence-corrected chi connectivity index (χ3v) is 3.33. The molecule has 0 radical (unpaired) electrons. The van der Waals surface area contributed by atoms with Crippen molar-refractivity contribution in [3.8, 4) is 0 Å². The second-order valence-corrected chi connectivity index (χ2v) is 6.91. The molecule has 0 spiro atoms. The first-order chi connectivity index (χ1) is 9.65. The molecule has 5 heteroatoms. The van der Waals surface area contributed by atoms with Crippen LogP contribution in [0.25, 0.3) is 11.0 Å². The fraction of sp³-hybridized carbons (Fsp3) is 0.500. The van der Waals surface area contributed by atoms with Gasteiger partial charge in [-0.3, -0.25) is 0 Å². The number of imidazole rings is 1. The van der Waals surface area contributed by atoms with Crippen LogP contribution in [0.5, 0.6) is 0 Å². The molecule has 1 aromatic carbocycles. The normalized spacial score (nSPS) is 13.6. The van der Waals surface area contributed by atoms with E-state index in [4.69, 9.17) is 5.11 Å². The first kappa shape index (κ1) is 15.5. The number of halogens is 1. The molecule has 1 heterocycles. The number of aromatic carboxylic acids is 1. The molecule has 0 aliphatic heterocycles. The molecular formula is C16H21FN2O2. The van der Waals surface area contributed by atoms with Crippen LogP contribution in [0.15, 0.2) is 12.1 Å². The van der Waals surface area contributed by atoms with Gasteiger partial charge in [-0.05, 0) is 29.9 Å². The number of aromatic nitrogens is 2. The topological polar surface area (TPSA) is 66.0 Å². The van der Waals surface area contributed by atoms with Crippen LogP contribution in [-0.2, 0) is 6.42 Å². The third kappa shape index (κ3) is 3.80. The van der Waals surface area contributed by atoms with Crippen LogP contribution in [0.4, 0.5) is 4.39 Å². The van der Waals surface area contributed by atoms with Crippen molar-refractivity contribution in [2.45, 2.75) is 40.5 Å². The van der Waals surface area contributed by atoms with Crippen molar-refractivity contribution < 1.29 is 14.3 Å². The first-order valence-electron chi connectivity index (χ1n) is 7.07. The Labute approximate surface area is 123 Å². The van der Waals surface area contributed by atoms with Gasteiger partial charge in [-0.25, -0.2) is 14.2 Å². The van der Waals surface area contributed by atoms with Crippen LogP contribution in [0.1, 0.15) is 50.3 Å². The van der Waals surface area contributed by atoms with Crippen molar-refractivity contribution in [1.82, 2.24) is 9.97 Å². The summed E-state index contributed by atoms with van der Waals surface area (Å²) in [7, 11) is 0. The molecule has 4 nitrogen and oxygen atoms in total. The van der Waals surface area contributed by atoms with Crippen LogP contribution in [-0.4, -0.2) is 21.0 Å². The van der Waals surface area contributed by atoms with Crippen LogP contribution in [0.3, 0.4) is 0 Å². The summed E-state index contributed by atoms with van der Waals surface area (Å²) < 4.78 is 13.4. The lowest BCUT2D eigenvalue weighted by molar-refractivity contribution is 0.0698. The Balaban J connectivity index is 2.31. The Morgan fingerprint density at radius 1 is 1.43 bits per heavy atom. The largest absolute Gasteiger partial charge is 0.478 e. The number of nitrogens with zero attached hydrogens (tertiary/aromatic N) is 1. The van der Waals surface area contributed by atoms with E-state index in [-0.39, 0.29) is 11.0 Å². The lowest BCUT2D eigenvalue weighted by Crippen LogP contribution is -2.13. The Morgan fingerprint density at radius 2 is 2.10 bits per heavy atom. The summed E-state index contributed by atoms with van der Waals surface area (Å²) in [6, 6.07) is 2.29. The highest BCUT2D eigenvalue weighted by atomic mass is 19.1. The van der Waals surface area contributed by atoms with Gasteiger partial charge in [0.2, 0.25) is 0 Å². The predicted octanol–water partition coefficient (Wildman–Crippen LogP) is 4.02. The number of carbonyl (C=O) groups is 1. The molecule has 114 valence electrons. The minimum Gasteiger partial charge on any atom is -0.478 e. The van der Waals surface area contributed by atoms with E-state index >= 15 is 0 Å². The van der Waals surface area contributed by atoms with Gasteiger partial charge in [0.15, 0.2) is 0 Å². The Hall–Kier alpha value is -1.91. The molecule has 1 atom stereocenters. The Kier molecular flexibility index (Phi) is 4.03. The predicted molar refractivity (Wildman–Crippen MR) is 80.0 cm³/mol. The van der Waals surface area contributed by atoms with E-state index in [1.54, 1.807) is 0 Å². The van der Waals surface area contributed by atoms with Crippen LogP contribution >= 0.6 is 0 Å². The summed E-state index contributed by atoms with van der Waals surface area (Å²) in [4.78, 5) is 18.5. The standard InChI is InChI=1S/C16H21FN2O2/c1-9(8-16(2,3)4)5-13-18-12-7-10(17)6-11(15(20)21)14(12)19-13/h6-7,9H,5,8H2,1-4H3,(H,18,19)(H,20,21). The second-order valence-electron chi connectivity index (χ2n) is 6.91. The summed E-state index contributed by atoms with van der Waals surface area (Å²) in [5.41, 5.74) is 0.882. The Morgan fingerprint density at radius 3 is 2.67 bits per heavy atom. The maximum absolute atomic E-state index is 13.4. The average molecular weight is 292 g/mol. The molecular weight excluding hydrogens is 271 g/mol. The molecule has 2 N–H and O–H groups in total. The Bertz CT molecular complexity index is 671. The van der Waals surface area contributed by atoms with Crippen molar-refractivity contribution in [3.63, 3.8) is 0 Å². The monoisotopic (exact) mass is 292 g/mol. The smallest absolute Gasteiger partial charge is 0.338 e. The molecule has 0 aliphatic rings. The summed E-state index contributed by atoms with van der Waals surface area (Å²) in [5, 5.41) is 9.13. The SMILES string of the molecule is CC(Cc1nc2c(C(=O)O)cc(F)cc2[nH]1)CC(C)(C)C. The number of benzene rings is 1. The first-order valence-corrected chi connectivity index (χ1v) is 7.07. The lowest BCUT2D eigenvalue weighted by Gasteiger charge is -2.22. The fourth-order valence-corrected chi connectivity index (χ4v) is 2.84. The van der Waals surface area contributed by atoms with E-state index in [0.717, 1.165) is 12.5 Å². The van der Waals surface area contributed by atoms with E-state index in [1.807, 2.05) is 0 Å². The van der Waals surface area contributed by atoms with E-state index in [1.165, 1.54) is 6.07 Å². The summed E-state index contributed by atoms with van der Waals surface area (Å²) in [6.45, 7) is 8.68. The van der Waals surface area contributed by atoms with Crippen LogP contribution < -0.4 is 0 Å². The van der Waals surface area contributed by atoms with Gasteiger partial charge in [-0.2, -0.15) is 0 Å². The third-order valence-electron chi connectivity index (χ3n) is 3.33. The number of hydrogen-bond acceptors (Lipinski definition) is 2. The zero-order valence-electron chi connectivity index (χ0n) is 12.8. The lowest BCUT2D eigenvalue weighted by atomic mass is 9.84. The van der Waals surface area contributed by atoms with E-state index in [2.05, 4.69) is 37.7 Å². The summed E-state index contributed by atoms with van der Waals surface area (Å²) >= 11 is 0. The number of rotatable bonds is 4. The molecule has 2 rings (SSSR count). The van der Waals surface area contributed by atoms with Gasteiger partial charge < -0.3 is 10.1 Å². The molecule has 0 amide bonds. The van der Waals surface area contributed by atoms with Crippen LogP contribution in [0, 0.1) is 17.2 Å². The number of hydrogen-bond donors (Lipinski definition) is 2. The van der Waals surface area contributed by atoms with Crippen molar-refractivity contribution in [3.05, 3.63) is 29.3 Å². The number of carboxylic acids is 1. The molecule has 21 heavy (non-hydrogen) atoms. The van der Waals surface area contributed by atoms with Crippen molar-refractivity contribution >= 4 is 17.0 Å². The quantitative estimate of drug-likeness (QED) is 0.894. The van der Waals surface area contributed by atoms with E-state index < -0.39 is 11.8 Å². The minimum atomic E-state index is -1.17. The molecule has 0 saturated heterocycles. The van der Waals surface area contributed by atoms with Crippen molar-refractivity contribution in [2.24, 2.45) is 11.3 Å². The molecule has 0 saturated carbocycles. The van der Waals surface area contributed by atoms with Gasteiger partial charge in [0.25, 0.3) is 0 Å². The summed E-state index contributed by atoms with van der Waals surface area (Å²) in [5.74, 6) is -0.628. The molecule has 0 bridgehead atoms. The molecule has 0 aliphatic carbocycles. The minimum absolute atomic E-state index is 0.101. The second kappa shape index (κ2) is 5.47. The maximum atomic E-state index is 13.4. The molecule has 0 fully saturated rings. The zero-order chi connectivity index (χ0) is 15.8. The number of aromatic amines is 1. The van der Waals surface area contributed by atoms with Gasteiger partial charge in [0.05, 0.1) is 11.1 Å². The summed E-state index contributed by atoms with van der Waals surface area (Å²) in [6.07, 6.45) is 1.75. The number of carboxylic acid groups (broad SMARTS) is 1. The van der Waals surface area contributed by atoms with Gasteiger partial charge in [0.1, 0.15) is 17.2 Å².